The van der Waals surface area contributed by atoms with Gasteiger partial charge in [-0.2, -0.15) is 0 Å². The molecule has 1 aliphatic heterocycles. The van der Waals surface area contributed by atoms with Gasteiger partial charge in [-0.1, -0.05) is 42.5 Å². The van der Waals surface area contributed by atoms with Crippen molar-refractivity contribution in [3.63, 3.8) is 0 Å². The summed E-state index contributed by atoms with van der Waals surface area (Å²) in [5.74, 6) is -1.11. The number of rotatable bonds is 6. The molecule has 0 spiro atoms. The van der Waals surface area contributed by atoms with E-state index in [9.17, 15) is 14.0 Å². The van der Waals surface area contributed by atoms with E-state index in [0.29, 0.717) is 32.6 Å². The van der Waals surface area contributed by atoms with Crippen molar-refractivity contribution in [1.29, 1.82) is 0 Å². The average molecular weight is 463 g/mol. The number of hydrogen-bond donors (Lipinski definition) is 1. The Morgan fingerprint density at radius 1 is 1.12 bits per heavy atom. The van der Waals surface area contributed by atoms with Crippen LogP contribution in [0.25, 0.3) is 6.08 Å². The van der Waals surface area contributed by atoms with Crippen LogP contribution in [0, 0.1) is 5.82 Å². The molecule has 6 nitrogen and oxygen atoms in total. The predicted molar refractivity (Wildman–Crippen MR) is 126 cm³/mol. The van der Waals surface area contributed by atoms with Crippen LogP contribution in [0.2, 0.25) is 0 Å². The fourth-order valence-electron chi connectivity index (χ4n) is 3.11. The van der Waals surface area contributed by atoms with Crippen molar-refractivity contribution in [2.75, 3.05) is 7.05 Å². The van der Waals surface area contributed by atoms with Gasteiger partial charge in [0.15, 0.2) is 5.17 Å². The van der Waals surface area contributed by atoms with E-state index in [-0.39, 0.29) is 23.9 Å². The lowest BCUT2D eigenvalue weighted by atomic mass is 10.1. The maximum Gasteiger partial charge on any atom is 0.335 e. The summed E-state index contributed by atoms with van der Waals surface area (Å²) in [4.78, 5) is 30.3. The Hall–Kier alpha value is -3.91. The van der Waals surface area contributed by atoms with E-state index in [1.807, 2.05) is 12.1 Å². The molecule has 1 aliphatic rings. The molecule has 0 unspecified atom stereocenters. The van der Waals surface area contributed by atoms with Crippen LogP contribution in [0.3, 0.4) is 0 Å². The number of nitrogens with zero attached hydrogens (tertiary/aromatic N) is 2. The van der Waals surface area contributed by atoms with Crippen LogP contribution in [0.5, 0.6) is 5.75 Å². The summed E-state index contributed by atoms with van der Waals surface area (Å²) in [5, 5.41) is 9.60. The second kappa shape index (κ2) is 9.70. The lowest BCUT2D eigenvalue weighted by Gasteiger charge is -2.10. The highest BCUT2D eigenvalue weighted by Gasteiger charge is 2.30. The van der Waals surface area contributed by atoms with Crippen molar-refractivity contribution >= 4 is 40.6 Å². The lowest BCUT2D eigenvalue weighted by molar-refractivity contribution is -0.121. The highest BCUT2D eigenvalue weighted by Crippen LogP contribution is 2.35. The van der Waals surface area contributed by atoms with Crippen LogP contribution in [0.1, 0.15) is 21.5 Å². The van der Waals surface area contributed by atoms with Gasteiger partial charge in [0.25, 0.3) is 5.91 Å². The van der Waals surface area contributed by atoms with Gasteiger partial charge in [0, 0.05) is 18.2 Å². The van der Waals surface area contributed by atoms with E-state index < -0.39 is 5.97 Å². The molecule has 3 aromatic carbocycles. The Kier molecular flexibility index (Phi) is 6.55. The standard InChI is InChI=1S/C25H19FN2O4S/c1-28-23(29)22(33-25(28)27-19-10-6-9-17(13-19)24(30)31)14-16-7-3-5-12-21(16)32-15-18-8-2-4-11-20(18)26/h2-14H,15H2,1H3,(H,30,31)/b22-14+,27-25?. The number of carbonyl (C=O) groups is 2. The van der Waals surface area contributed by atoms with Crippen molar-refractivity contribution in [3.05, 3.63) is 100 Å². The summed E-state index contributed by atoms with van der Waals surface area (Å²) < 4.78 is 19.7. The zero-order valence-corrected chi connectivity index (χ0v) is 18.4. The molecule has 33 heavy (non-hydrogen) atoms. The lowest BCUT2D eigenvalue weighted by Crippen LogP contribution is -2.23. The molecular weight excluding hydrogens is 443 g/mol. The van der Waals surface area contributed by atoms with Crippen molar-refractivity contribution in [2.45, 2.75) is 6.61 Å². The maximum atomic E-state index is 13.9. The smallest absolute Gasteiger partial charge is 0.335 e. The number of amides is 1. The number of carbonyl (C=O) groups excluding carboxylic acids is 1. The summed E-state index contributed by atoms with van der Waals surface area (Å²) in [7, 11) is 1.61. The van der Waals surface area contributed by atoms with E-state index in [4.69, 9.17) is 9.84 Å². The number of hydrogen-bond acceptors (Lipinski definition) is 5. The number of amidine groups is 1. The molecule has 0 aliphatic carbocycles. The fourth-order valence-corrected chi connectivity index (χ4v) is 4.09. The Bertz CT molecular complexity index is 1290. The Labute approximate surface area is 194 Å². The first-order valence-electron chi connectivity index (χ1n) is 9.97. The molecule has 0 aromatic heterocycles. The monoisotopic (exact) mass is 462 g/mol. The first-order valence-corrected chi connectivity index (χ1v) is 10.8. The molecular formula is C25H19FN2O4S. The molecule has 1 amide bonds. The molecule has 0 atom stereocenters. The number of benzene rings is 3. The second-order valence-electron chi connectivity index (χ2n) is 7.14. The molecule has 1 saturated heterocycles. The topological polar surface area (TPSA) is 79.2 Å². The zero-order valence-electron chi connectivity index (χ0n) is 17.6. The molecule has 3 aromatic rings. The van der Waals surface area contributed by atoms with E-state index in [2.05, 4.69) is 4.99 Å². The van der Waals surface area contributed by atoms with Crippen LogP contribution in [0.4, 0.5) is 10.1 Å². The van der Waals surface area contributed by atoms with Crippen molar-refractivity contribution in [2.24, 2.45) is 4.99 Å². The fraction of sp³-hybridized carbons (Fsp3) is 0.0800. The SMILES string of the molecule is CN1C(=O)/C(=C\c2ccccc2OCc2ccccc2F)SC1=Nc1cccc(C(=O)O)c1. The molecule has 4 rings (SSSR count). The Morgan fingerprint density at radius 3 is 2.67 bits per heavy atom. The number of halogens is 1. The van der Waals surface area contributed by atoms with Gasteiger partial charge in [0.2, 0.25) is 0 Å². The van der Waals surface area contributed by atoms with Gasteiger partial charge < -0.3 is 9.84 Å². The molecule has 1 fully saturated rings. The molecule has 8 heteroatoms. The summed E-state index contributed by atoms with van der Waals surface area (Å²) >= 11 is 1.18. The molecule has 0 radical (unpaired) electrons. The maximum absolute atomic E-state index is 13.9. The summed E-state index contributed by atoms with van der Waals surface area (Å²) in [6, 6.07) is 19.8. The second-order valence-corrected chi connectivity index (χ2v) is 8.15. The number of thioether (sulfide) groups is 1. The number of aromatic carboxylic acids is 1. The first-order chi connectivity index (χ1) is 15.9. The molecule has 166 valence electrons. The third kappa shape index (κ3) is 5.12. The van der Waals surface area contributed by atoms with Gasteiger partial charge in [-0.3, -0.25) is 9.69 Å². The minimum Gasteiger partial charge on any atom is -0.488 e. The summed E-state index contributed by atoms with van der Waals surface area (Å²) in [6.07, 6.45) is 1.70. The van der Waals surface area contributed by atoms with E-state index in [0.717, 1.165) is 0 Å². The first kappa shape index (κ1) is 22.3. The Balaban J connectivity index is 1.57. The van der Waals surface area contributed by atoms with Gasteiger partial charge >= 0.3 is 5.97 Å². The molecule has 0 saturated carbocycles. The third-order valence-electron chi connectivity index (χ3n) is 4.87. The minimum atomic E-state index is -1.05. The number of carboxylic acid groups (broad SMARTS) is 1. The highest BCUT2D eigenvalue weighted by molar-refractivity contribution is 8.18. The average Bonchev–Trinajstić information content (AvgIpc) is 3.07. The number of aliphatic imine (C=N–C) groups is 1. The van der Waals surface area contributed by atoms with Gasteiger partial charge in [0.1, 0.15) is 18.2 Å². The largest absolute Gasteiger partial charge is 0.488 e. The molecule has 1 N–H and O–H groups in total. The number of para-hydroxylation sites is 1. The van der Waals surface area contributed by atoms with Crippen LogP contribution < -0.4 is 4.74 Å². The molecule has 0 bridgehead atoms. The van der Waals surface area contributed by atoms with Crippen molar-refractivity contribution < 1.29 is 23.8 Å². The number of likely N-dealkylation sites (N-methyl/N-ethyl adjacent to an activating group) is 1. The minimum absolute atomic E-state index is 0.0560. The van der Waals surface area contributed by atoms with Gasteiger partial charge in [-0.15, -0.1) is 0 Å². The van der Waals surface area contributed by atoms with Crippen molar-refractivity contribution in [1.82, 2.24) is 4.90 Å². The van der Waals surface area contributed by atoms with Gasteiger partial charge in [-0.05, 0) is 48.2 Å². The number of ether oxygens (including phenoxy) is 1. The van der Waals surface area contributed by atoms with Crippen LogP contribution in [-0.2, 0) is 11.4 Å². The summed E-state index contributed by atoms with van der Waals surface area (Å²) in [6.45, 7) is 0.0560. The normalized spacial score (nSPS) is 15.9. The van der Waals surface area contributed by atoms with E-state index >= 15 is 0 Å². The zero-order chi connectivity index (χ0) is 23.4. The van der Waals surface area contributed by atoms with E-state index in [1.165, 1.54) is 34.9 Å². The van der Waals surface area contributed by atoms with Crippen LogP contribution >= 0.6 is 11.8 Å². The summed E-state index contributed by atoms with van der Waals surface area (Å²) in [5.41, 5.74) is 1.66. The van der Waals surface area contributed by atoms with Gasteiger partial charge in [0.05, 0.1) is 16.2 Å². The van der Waals surface area contributed by atoms with Crippen molar-refractivity contribution in [3.8, 4) is 5.75 Å². The number of carboxylic acids is 1. The highest BCUT2D eigenvalue weighted by atomic mass is 32.2. The van der Waals surface area contributed by atoms with Gasteiger partial charge in [-0.25, -0.2) is 14.2 Å². The Morgan fingerprint density at radius 2 is 1.88 bits per heavy atom. The quantitative estimate of drug-likeness (QED) is 0.501. The predicted octanol–water partition coefficient (Wildman–Crippen LogP) is 5.34. The molecule has 1 heterocycles. The van der Waals surface area contributed by atoms with Crippen LogP contribution in [-0.4, -0.2) is 34.1 Å². The third-order valence-corrected chi connectivity index (χ3v) is 5.93. The van der Waals surface area contributed by atoms with E-state index in [1.54, 1.807) is 55.6 Å². The van der Waals surface area contributed by atoms with Crippen LogP contribution in [0.15, 0.2) is 82.7 Å².